The van der Waals surface area contributed by atoms with E-state index in [4.69, 9.17) is 15.2 Å². The molecule has 25 heavy (non-hydrogen) atoms. The molecule has 0 spiro atoms. The predicted octanol–water partition coefficient (Wildman–Crippen LogP) is 3.09. The van der Waals surface area contributed by atoms with E-state index < -0.39 is 6.04 Å². The summed E-state index contributed by atoms with van der Waals surface area (Å²) in [6.07, 6.45) is 0. The molecule has 2 aromatic rings. The maximum absolute atomic E-state index is 12.6. The minimum absolute atomic E-state index is 0. The van der Waals surface area contributed by atoms with E-state index in [0.29, 0.717) is 18.0 Å². The van der Waals surface area contributed by atoms with E-state index in [1.54, 1.807) is 26.2 Å². The molecule has 0 bridgehead atoms. The molecule has 0 fully saturated rings. The summed E-state index contributed by atoms with van der Waals surface area (Å²) in [6.45, 7) is 2.43. The Hall–Kier alpha value is -2.24. The maximum Gasteiger partial charge on any atom is 0.244 e. The van der Waals surface area contributed by atoms with Gasteiger partial charge in [0.05, 0.1) is 14.2 Å². The number of hydrogen-bond donors (Lipinski definition) is 1. The van der Waals surface area contributed by atoms with E-state index >= 15 is 0 Å². The summed E-state index contributed by atoms with van der Waals surface area (Å²) < 4.78 is 10.6. The lowest BCUT2D eigenvalue weighted by molar-refractivity contribution is -0.132. The van der Waals surface area contributed by atoms with Gasteiger partial charge in [-0.1, -0.05) is 30.3 Å². The number of aryl methyl sites for hydroxylation is 1. The van der Waals surface area contributed by atoms with Crippen molar-refractivity contribution in [2.75, 3.05) is 21.3 Å². The SMILES string of the molecule is COc1cc(C)c(CN(C)C(=O)C(N)c2ccccc2)cc1OC.Cl. The van der Waals surface area contributed by atoms with Gasteiger partial charge < -0.3 is 20.1 Å². The molecule has 0 aliphatic rings. The number of rotatable bonds is 6. The molecule has 2 rings (SSSR count). The number of likely N-dealkylation sites (N-methyl/N-ethyl adjacent to an activating group) is 1. The van der Waals surface area contributed by atoms with Crippen LogP contribution in [0.15, 0.2) is 42.5 Å². The maximum atomic E-state index is 12.6. The zero-order chi connectivity index (χ0) is 17.7. The largest absolute Gasteiger partial charge is 0.493 e. The first kappa shape index (κ1) is 20.8. The van der Waals surface area contributed by atoms with Crippen LogP contribution in [-0.4, -0.2) is 32.1 Å². The van der Waals surface area contributed by atoms with Crippen LogP contribution in [-0.2, 0) is 11.3 Å². The molecule has 1 atom stereocenters. The molecule has 0 saturated heterocycles. The molecule has 0 aliphatic heterocycles. The molecule has 1 unspecified atom stereocenters. The van der Waals surface area contributed by atoms with E-state index in [0.717, 1.165) is 16.7 Å². The van der Waals surface area contributed by atoms with Crippen molar-refractivity contribution in [1.82, 2.24) is 4.90 Å². The smallest absolute Gasteiger partial charge is 0.244 e. The third-order valence-corrected chi connectivity index (χ3v) is 4.05. The molecule has 0 aliphatic carbocycles. The Morgan fingerprint density at radius 3 is 2.24 bits per heavy atom. The van der Waals surface area contributed by atoms with Crippen molar-refractivity contribution >= 4 is 18.3 Å². The number of carbonyl (C=O) groups is 1. The van der Waals surface area contributed by atoms with E-state index in [2.05, 4.69) is 0 Å². The predicted molar refractivity (Wildman–Crippen MR) is 101 cm³/mol. The van der Waals surface area contributed by atoms with Crippen LogP contribution < -0.4 is 15.2 Å². The highest BCUT2D eigenvalue weighted by molar-refractivity contribution is 5.85. The standard InChI is InChI=1S/C19H24N2O3.ClH/c1-13-10-16(23-3)17(24-4)11-15(13)12-21(2)19(22)18(20)14-8-6-5-7-9-14;/h5-11,18H,12,20H2,1-4H3;1H. The molecule has 0 heterocycles. The van der Waals surface area contributed by atoms with Gasteiger partial charge >= 0.3 is 0 Å². The van der Waals surface area contributed by atoms with Crippen LogP contribution in [0.1, 0.15) is 22.7 Å². The average molecular weight is 365 g/mol. The first-order valence-electron chi connectivity index (χ1n) is 7.75. The average Bonchev–Trinajstić information content (AvgIpc) is 2.62. The Morgan fingerprint density at radius 2 is 1.68 bits per heavy atom. The second-order valence-electron chi connectivity index (χ2n) is 5.72. The van der Waals surface area contributed by atoms with Gasteiger partial charge in [0.1, 0.15) is 6.04 Å². The molecule has 6 heteroatoms. The zero-order valence-electron chi connectivity index (χ0n) is 15.0. The minimum atomic E-state index is -0.670. The number of halogens is 1. The topological polar surface area (TPSA) is 64.8 Å². The summed E-state index contributed by atoms with van der Waals surface area (Å²) in [5.74, 6) is 1.19. The van der Waals surface area contributed by atoms with Crippen LogP contribution in [0, 0.1) is 6.92 Å². The van der Waals surface area contributed by atoms with Gasteiger partial charge in [-0.25, -0.2) is 0 Å². The lowest BCUT2D eigenvalue weighted by Gasteiger charge is -2.23. The summed E-state index contributed by atoms with van der Waals surface area (Å²) in [5, 5.41) is 0. The number of hydrogen-bond acceptors (Lipinski definition) is 4. The summed E-state index contributed by atoms with van der Waals surface area (Å²) in [7, 11) is 4.95. The second-order valence-corrected chi connectivity index (χ2v) is 5.72. The number of carbonyl (C=O) groups excluding carboxylic acids is 1. The molecule has 0 radical (unpaired) electrons. The van der Waals surface area contributed by atoms with Crippen LogP contribution in [0.25, 0.3) is 0 Å². The highest BCUT2D eigenvalue weighted by Gasteiger charge is 2.20. The number of amides is 1. The fourth-order valence-electron chi connectivity index (χ4n) is 2.57. The molecule has 0 saturated carbocycles. The van der Waals surface area contributed by atoms with Crippen molar-refractivity contribution < 1.29 is 14.3 Å². The van der Waals surface area contributed by atoms with Crippen molar-refractivity contribution in [3.63, 3.8) is 0 Å². The van der Waals surface area contributed by atoms with Crippen molar-refractivity contribution in [2.24, 2.45) is 5.73 Å². The number of nitrogens with two attached hydrogens (primary N) is 1. The van der Waals surface area contributed by atoms with E-state index in [1.807, 2.05) is 49.4 Å². The molecule has 136 valence electrons. The Labute approximate surface area is 155 Å². The third kappa shape index (κ3) is 4.87. The number of nitrogens with zero attached hydrogens (tertiary/aromatic N) is 1. The Bertz CT molecular complexity index is 707. The van der Waals surface area contributed by atoms with Gasteiger partial charge in [-0.2, -0.15) is 0 Å². The molecule has 0 aromatic heterocycles. The van der Waals surface area contributed by atoms with E-state index in [-0.39, 0.29) is 18.3 Å². The van der Waals surface area contributed by atoms with Crippen LogP contribution in [0.5, 0.6) is 11.5 Å². The van der Waals surface area contributed by atoms with Crippen molar-refractivity contribution in [3.05, 3.63) is 59.2 Å². The van der Waals surface area contributed by atoms with Gasteiger partial charge in [-0.15, -0.1) is 12.4 Å². The quantitative estimate of drug-likeness (QED) is 0.855. The highest BCUT2D eigenvalue weighted by atomic mass is 35.5. The van der Waals surface area contributed by atoms with Crippen molar-refractivity contribution in [1.29, 1.82) is 0 Å². The molecule has 2 N–H and O–H groups in total. The van der Waals surface area contributed by atoms with Crippen LogP contribution in [0.3, 0.4) is 0 Å². The van der Waals surface area contributed by atoms with Crippen LogP contribution in [0.4, 0.5) is 0 Å². The van der Waals surface area contributed by atoms with Crippen molar-refractivity contribution in [3.8, 4) is 11.5 Å². The first-order valence-corrected chi connectivity index (χ1v) is 7.75. The molecule has 2 aromatic carbocycles. The Morgan fingerprint density at radius 1 is 1.12 bits per heavy atom. The van der Waals surface area contributed by atoms with Crippen molar-refractivity contribution in [2.45, 2.75) is 19.5 Å². The van der Waals surface area contributed by atoms with Gasteiger partial charge in [0.25, 0.3) is 0 Å². The Kier molecular flexibility index (Phi) is 7.74. The third-order valence-electron chi connectivity index (χ3n) is 4.05. The number of methoxy groups -OCH3 is 2. The monoisotopic (exact) mass is 364 g/mol. The normalized spacial score (nSPS) is 11.2. The minimum Gasteiger partial charge on any atom is -0.493 e. The highest BCUT2D eigenvalue weighted by Crippen LogP contribution is 2.31. The number of ether oxygens (including phenoxy) is 2. The summed E-state index contributed by atoms with van der Waals surface area (Å²) in [5.41, 5.74) is 8.92. The van der Waals surface area contributed by atoms with Crippen LogP contribution in [0.2, 0.25) is 0 Å². The molecule has 1 amide bonds. The van der Waals surface area contributed by atoms with Gasteiger partial charge in [-0.3, -0.25) is 4.79 Å². The summed E-state index contributed by atoms with van der Waals surface area (Å²) in [4.78, 5) is 14.2. The molecular weight excluding hydrogens is 340 g/mol. The summed E-state index contributed by atoms with van der Waals surface area (Å²) >= 11 is 0. The number of benzene rings is 2. The Balaban J connectivity index is 0.00000312. The summed E-state index contributed by atoms with van der Waals surface area (Å²) in [6, 6.07) is 12.5. The van der Waals surface area contributed by atoms with Gasteiger partial charge in [-0.05, 0) is 35.7 Å². The fraction of sp³-hybridized carbons (Fsp3) is 0.316. The van der Waals surface area contributed by atoms with Crippen LogP contribution >= 0.6 is 12.4 Å². The van der Waals surface area contributed by atoms with E-state index in [9.17, 15) is 4.79 Å². The van der Waals surface area contributed by atoms with Gasteiger partial charge in [0.2, 0.25) is 5.91 Å². The first-order chi connectivity index (χ1) is 11.5. The zero-order valence-corrected chi connectivity index (χ0v) is 15.8. The fourth-order valence-corrected chi connectivity index (χ4v) is 2.57. The molecular formula is C19H25ClN2O3. The molecule has 5 nitrogen and oxygen atoms in total. The van der Waals surface area contributed by atoms with E-state index in [1.165, 1.54) is 0 Å². The lowest BCUT2D eigenvalue weighted by Crippen LogP contribution is -2.35. The van der Waals surface area contributed by atoms with Gasteiger partial charge in [0, 0.05) is 13.6 Å². The van der Waals surface area contributed by atoms with Gasteiger partial charge in [0.15, 0.2) is 11.5 Å². The lowest BCUT2D eigenvalue weighted by atomic mass is 10.0. The second kappa shape index (κ2) is 9.30.